The highest BCUT2D eigenvalue weighted by molar-refractivity contribution is 5.79. The topological polar surface area (TPSA) is 49.6 Å². The van der Waals surface area contributed by atoms with Crippen LogP contribution in [-0.4, -0.2) is 55.0 Å². The monoisotopic (exact) mass is 279 g/mol. The Morgan fingerprint density at radius 1 is 1.15 bits per heavy atom. The molecule has 20 heavy (non-hydrogen) atoms. The SMILES string of the molecule is CC(CN)CN1CCCN(C(=O)C2CC3CC3C2)CC1. The van der Waals surface area contributed by atoms with Crippen LogP contribution < -0.4 is 5.73 Å². The molecule has 1 heterocycles. The van der Waals surface area contributed by atoms with Gasteiger partial charge in [-0.2, -0.15) is 0 Å². The van der Waals surface area contributed by atoms with Crippen LogP contribution in [0, 0.1) is 23.7 Å². The number of nitrogens with zero attached hydrogens (tertiary/aromatic N) is 2. The minimum atomic E-state index is 0.355. The molecule has 4 nitrogen and oxygen atoms in total. The predicted octanol–water partition coefficient (Wildman–Crippen LogP) is 1.16. The van der Waals surface area contributed by atoms with Gasteiger partial charge in [-0.05, 0) is 56.5 Å². The Morgan fingerprint density at radius 3 is 2.60 bits per heavy atom. The van der Waals surface area contributed by atoms with E-state index in [-0.39, 0.29) is 0 Å². The van der Waals surface area contributed by atoms with Crippen molar-refractivity contribution in [2.75, 3.05) is 39.3 Å². The van der Waals surface area contributed by atoms with E-state index in [1.807, 2.05) is 0 Å². The lowest BCUT2D eigenvalue weighted by Gasteiger charge is -2.26. The maximum atomic E-state index is 12.6. The molecule has 4 heteroatoms. The molecule has 3 fully saturated rings. The molecule has 1 amide bonds. The molecule has 1 aliphatic heterocycles. The molecule has 3 atom stereocenters. The maximum Gasteiger partial charge on any atom is 0.225 e. The standard InChI is InChI=1S/C16H29N3O/c1-12(10-17)11-18-3-2-4-19(6-5-18)16(20)15-8-13-7-14(13)9-15/h12-15H,2-11,17H2,1H3. The van der Waals surface area contributed by atoms with Gasteiger partial charge in [-0.1, -0.05) is 6.92 Å². The van der Waals surface area contributed by atoms with E-state index in [0.717, 1.165) is 57.5 Å². The van der Waals surface area contributed by atoms with Crippen molar-refractivity contribution in [3.05, 3.63) is 0 Å². The van der Waals surface area contributed by atoms with Crippen molar-refractivity contribution in [3.8, 4) is 0 Å². The molecule has 2 N–H and O–H groups in total. The van der Waals surface area contributed by atoms with Gasteiger partial charge in [0.25, 0.3) is 0 Å². The normalized spacial score (nSPS) is 35.5. The summed E-state index contributed by atoms with van der Waals surface area (Å²) in [6, 6.07) is 0. The van der Waals surface area contributed by atoms with E-state index in [1.54, 1.807) is 0 Å². The largest absolute Gasteiger partial charge is 0.341 e. The highest BCUT2D eigenvalue weighted by Gasteiger charge is 2.48. The van der Waals surface area contributed by atoms with Crippen molar-refractivity contribution in [1.29, 1.82) is 0 Å². The van der Waals surface area contributed by atoms with Gasteiger partial charge in [0, 0.05) is 32.1 Å². The van der Waals surface area contributed by atoms with Crippen molar-refractivity contribution < 1.29 is 4.79 Å². The van der Waals surface area contributed by atoms with Crippen molar-refractivity contribution in [2.45, 2.75) is 32.6 Å². The lowest BCUT2D eigenvalue weighted by atomic mass is 10.0. The lowest BCUT2D eigenvalue weighted by Crippen LogP contribution is -2.39. The smallest absolute Gasteiger partial charge is 0.225 e. The summed E-state index contributed by atoms with van der Waals surface area (Å²) in [5, 5.41) is 0. The summed E-state index contributed by atoms with van der Waals surface area (Å²) in [6.45, 7) is 8.05. The van der Waals surface area contributed by atoms with E-state index in [2.05, 4.69) is 16.7 Å². The molecule has 0 aromatic rings. The average Bonchev–Trinajstić information content (AvgIpc) is 3.14. The second kappa shape index (κ2) is 6.02. The predicted molar refractivity (Wildman–Crippen MR) is 80.2 cm³/mol. The molecule has 0 bridgehead atoms. The van der Waals surface area contributed by atoms with Crippen LogP contribution in [0.25, 0.3) is 0 Å². The first-order valence-electron chi connectivity index (χ1n) is 8.38. The van der Waals surface area contributed by atoms with Crippen LogP contribution in [-0.2, 0) is 4.79 Å². The molecule has 0 spiro atoms. The van der Waals surface area contributed by atoms with E-state index in [0.29, 0.717) is 17.7 Å². The van der Waals surface area contributed by atoms with Gasteiger partial charge in [0.2, 0.25) is 5.91 Å². The van der Waals surface area contributed by atoms with Crippen molar-refractivity contribution in [1.82, 2.24) is 9.80 Å². The number of amides is 1. The van der Waals surface area contributed by atoms with Crippen LogP contribution in [0.2, 0.25) is 0 Å². The summed E-state index contributed by atoms with van der Waals surface area (Å²) in [6.07, 6.45) is 4.86. The molecule has 114 valence electrons. The first-order valence-corrected chi connectivity index (χ1v) is 8.38. The number of fused-ring (bicyclic) bond motifs is 1. The molecule has 1 saturated heterocycles. The first kappa shape index (κ1) is 14.3. The van der Waals surface area contributed by atoms with Gasteiger partial charge in [-0.3, -0.25) is 4.79 Å². The number of hydrogen-bond acceptors (Lipinski definition) is 3. The summed E-state index contributed by atoms with van der Waals surface area (Å²) in [5.41, 5.74) is 5.71. The van der Waals surface area contributed by atoms with Crippen LogP contribution in [0.1, 0.15) is 32.6 Å². The zero-order chi connectivity index (χ0) is 14.1. The van der Waals surface area contributed by atoms with Gasteiger partial charge in [-0.25, -0.2) is 0 Å². The van der Waals surface area contributed by atoms with Crippen LogP contribution in [0.3, 0.4) is 0 Å². The highest BCUT2D eigenvalue weighted by atomic mass is 16.2. The molecule has 0 aromatic carbocycles. The molecule has 3 unspecified atom stereocenters. The number of carbonyl (C=O) groups excluding carboxylic acids is 1. The summed E-state index contributed by atoms with van der Waals surface area (Å²) < 4.78 is 0. The van der Waals surface area contributed by atoms with Gasteiger partial charge >= 0.3 is 0 Å². The van der Waals surface area contributed by atoms with Crippen LogP contribution in [0.5, 0.6) is 0 Å². The van der Waals surface area contributed by atoms with Crippen molar-refractivity contribution in [2.24, 2.45) is 29.4 Å². The Kier molecular flexibility index (Phi) is 4.32. The van der Waals surface area contributed by atoms with Gasteiger partial charge in [0.15, 0.2) is 0 Å². The minimum Gasteiger partial charge on any atom is -0.341 e. The van der Waals surface area contributed by atoms with Crippen LogP contribution in [0.15, 0.2) is 0 Å². The Labute approximate surface area is 122 Å². The summed E-state index contributed by atoms with van der Waals surface area (Å²) in [7, 11) is 0. The van der Waals surface area contributed by atoms with E-state index in [9.17, 15) is 4.79 Å². The van der Waals surface area contributed by atoms with Crippen LogP contribution >= 0.6 is 0 Å². The molecule has 3 aliphatic rings. The van der Waals surface area contributed by atoms with E-state index in [4.69, 9.17) is 5.73 Å². The summed E-state index contributed by atoms with van der Waals surface area (Å²) >= 11 is 0. The molecule has 3 rings (SSSR count). The summed E-state index contributed by atoms with van der Waals surface area (Å²) in [5.74, 6) is 3.16. The number of rotatable bonds is 4. The minimum absolute atomic E-state index is 0.355. The molecule has 2 saturated carbocycles. The van der Waals surface area contributed by atoms with E-state index >= 15 is 0 Å². The highest BCUT2D eigenvalue weighted by Crippen LogP contribution is 2.54. The fraction of sp³-hybridized carbons (Fsp3) is 0.938. The molecular formula is C16H29N3O. The molecule has 0 radical (unpaired) electrons. The third-order valence-corrected chi connectivity index (χ3v) is 5.47. The second-order valence-corrected chi connectivity index (χ2v) is 7.24. The quantitative estimate of drug-likeness (QED) is 0.840. The molecular weight excluding hydrogens is 250 g/mol. The van der Waals surface area contributed by atoms with Crippen molar-refractivity contribution in [3.63, 3.8) is 0 Å². The Bertz CT molecular complexity index is 350. The molecule has 0 aromatic heterocycles. The Hall–Kier alpha value is -0.610. The van der Waals surface area contributed by atoms with Gasteiger partial charge in [0.1, 0.15) is 0 Å². The summed E-state index contributed by atoms with van der Waals surface area (Å²) in [4.78, 5) is 17.2. The fourth-order valence-electron chi connectivity index (χ4n) is 4.06. The van der Waals surface area contributed by atoms with Crippen LogP contribution in [0.4, 0.5) is 0 Å². The third kappa shape index (κ3) is 3.17. The number of carbonyl (C=O) groups is 1. The lowest BCUT2D eigenvalue weighted by molar-refractivity contribution is -0.135. The maximum absolute atomic E-state index is 12.6. The fourth-order valence-corrected chi connectivity index (χ4v) is 4.06. The zero-order valence-corrected chi connectivity index (χ0v) is 12.8. The Morgan fingerprint density at radius 2 is 1.90 bits per heavy atom. The first-order chi connectivity index (χ1) is 9.67. The zero-order valence-electron chi connectivity index (χ0n) is 12.8. The van der Waals surface area contributed by atoms with Crippen molar-refractivity contribution >= 4 is 5.91 Å². The van der Waals surface area contributed by atoms with Gasteiger partial charge in [-0.15, -0.1) is 0 Å². The number of hydrogen-bond donors (Lipinski definition) is 1. The molecule has 2 aliphatic carbocycles. The van der Waals surface area contributed by atoms with E-state index in [1.165, 1.54) is 19.3 Å². The van der Waals surface area contributed by atoms with Gasteiger partial charge < -0.3 is 15.5 Å². The average molecular weight is 279 g/mol. The Balaban J connectivity index is 1.48. The van der Waals surface area contributed by atoms with Gasteiger partial charge in [0.05, 0.1) is 0 Å². The second-order valence-electron chi connectivity index (χ2n) is 7.24. The van der Waals surface area contributed by atoms with E-state index < -0.39 is 0 Å². The number of nitrogens with two attached hydrogens (primary N) is 1. The third-order valence-electron chi connectivity index (χ3n) is 5.47.